The number of nitrogens with zero attached hydrogens (tertiary/aromatic N) is 2. The second kappa shape index (κ2) is 8.78. The minimum atomic E-state index is -0.382. The maximum Gasteiger partial charge on any atom is 0.342 e. The van der Waals surface area contributed by atoms with E-state index in [-0.39, 0.29) is 23.7 Å². The number of rotatable bonds is 5. The summed E-state index contributed by atoms with van der Waals surface area (Å²) in [5.41, 5.74) is 5.27. The summed E-state index contributed by atoms with van der Waals surface area (Å²) in [4.78, 5) is 43.1. The van der Waals surface area contributed by atoms with Crippen LogP contribution in [0.3, 0.4) is 0 Å². The number of nitrogens with one attached hydrogen (secondary N) is 1. The maximum atomic E-state index is 13.0. The molecule has 8 heteroatoms. The number of ether oxygens (including phenoxy) is 1. The molecule has 0 spiro atoms. The van der Waals surface area contributed by atoms with Crippen molar-refractivity contribution in [3.05, 3.63) is 75.1 Å². The van der Waals surface area contributed by atoms with E-state index in [1.54, 1.807) is 37.3 Å². The van der Waals surface area contributed by atoms with E-state index in [4.69, 9.17) is 4.74 Å². The molecule has 2 aromatic heterocycles. The molecule has 0 aliphatic carbocycles. The molecule has 0 unspecified atom stereocenters. The van der Waals surface area contributed by atoms with Crippen molar-refractivity contribution in [2.45, 2.75) is 34.6 Å². The second-order valence-electron chi connectivity index (χ2n) is 7.83. The Morgan fingerprint density at radius 2 is 1.82 bits per heavy atom. The number of H-pyrrole nitrogens is 1. The van der Waals surface area contributed by atoms with Crippen LogP contribution in [0.4, 0.5) is 10.5 Å². The summed E-state index contributed by atoms with van der Waals surface area (Å²) < 4.78 is 7.23. The summed E-state index contributed by atoms with van der Waals surface area (Å²) >= 11 is 0.920. The normalized spacial score (nSPS) is 15.1. The lowest BCUT2D eigenvalue weighted by Crippen LogP contribution is -2.27. The zero-order valence-electron chi connectivity index (χ0n) is 19.2. The molecule has 1 aliphatic heterocycles. The molecule has 0 bridgehead atoms. The van der Waals surface area contributed by atoms with Crippen LogP contribution in [0.25, 0.3) is 11.9 Å². The Bertz CT molecular complexity index is 1300. The van der Waals surface area contributed by atoms with E-state index in [1.165, 1.54) is 4.90 Å². The van der Waals surface area contributed by atoms with E-state index in [9.17, 15) is 14.4 Å². The molecule has 7 nitrogen and oxygen atoms in total. The number of esters is 1. The lowest BCUT2D eigenvalue weighted by atomic mass is 10.1. The summed E-state index contributed by atoms with van der Waals surface area (Å²) in [6, 6.07) is 10.8. The van der Waals surface area contributed by atoms with Crippen LogP contribution in [-0.4, -0.2) is 33.3 Å². The number of aromatic nitrogens is 2. The molecule has 1 N–H and O–H groups in total. The predicted octanol–water partition coefficient (Wildman–Crippen LogP) is 5.46. The van der Waals surface area contributed by atoms with E-state index in [1.807, 2.05) is 44.4 Å². The first-order valence-corrected chi connectivity index (χ1v) is 11.4. The van der Waals surface area contributed by atoms with Gasteiger partial charge in [-0.05, 0) is 81.8 Å². The maximum absolute atomic E-state index is 13.0. The van der Waals surface area contributed by atoms with Crippen molar-refractivity contribution in [3.63, 3.8) is 0 Å². The molecule has 0 atom stereocenters. The Kier molecular flexibility index (Phi) is 6.03. The van der Waals surface area contributed by atoms with Gasteiger partial charge in [0.25, 0.3) is 11.1 Å². The van der Waals surface area contributed by atoms with Crippen LogP contribution < -0.4 is 4.90 Å². The SMILES string of the molecule is CCOC(=O)c1c(-n2c(C)cc(/C=C3/SC(=O)N(c4ccccc4)C3=O)c2C)[nH]c(C)c1C. The Labute approximate surface area is 196 Å². The van der Waals surface area contributed by atoms with Gasteiger partial charge in [-0.2, -0.15) is 0 Å². The highest BCUT2D eigenvalue weighted by atomic mass is 32.2. The first-order valence-electron chi connectivity index (χ1n) is 10.6. The molecule has 1 saturated heterocycles. The zero-order chi connectivity index (χ0) is 23.9. The van der Waals surface area contributed by atoms with Crippen LogP contribution in [0.15, 0.2) is 41.3 Å². The molecule has 2 amide bonds. The number of carbonyl (C=O) groups excluding carboxylic acids is 3. The van der Waals surface area contributed by atoms with Crippen LogP contribution >= 0.6 is 11.8 Å². The van der Waals surface area contributed by atoms with Crippen molar-refractivity contribution in [2.75, 3.05) is 11.5 Å². The lowest BCUT2D eigenvalue weighted by molar-refractivity contribution is -0.113. The van der Waals surface area contributed by atoms with Crippen molar-refractivity contribution in [3.8, 4) is 5.82 Å². The highest BCUT2D eigenvalue weighted by Gasteiger charge is 2.36. The van der Waals surface area contributed by atoms with Crippen molar-refractivity contribution >= 4 is 40.6 Å². The largest absolute Gasteiger partial charge is 0.462 e. The standard InChI is InChI=1S/C25H25N3O4S/c1-6-32-24(30)21-15(3)16(4)26-22(21)27-14(2)12-18(17(27)5)13-20-23(29)28(25(31)33-20)19-10-8-7-9-11-19/h7-13,26H,6H2,1-5H3/b20-13+. The number of hydrogen-bond acceptors (Lipinski definition) is 5. The molecular formula is C25H25N3O4S. The fourth-order valence-corrected chi connectivity index (χ4v) is 4.84. The summed E-state index contributed by atoms with van der Waals surface area (Å²) in [5, 5.41) is -0.327. The van der Waals surface area contributed by atoms with Gasteiger partial charge in [-0.1, -0.05) is 18.2 Å². The number of imide groups is 1. The van der Waals surface area contributed by atoms with Crippen molar-refractivity contribution in [1.82, 2.24) is 9.55 Å². The molecule has 3 aromatic rings. The summed E-state index contributed by atoms with van der Waals surface area (Å²) in [6.45, 7) is 9.71. The fraction of sp³-hybridized carbons (Fsp3) is 0.240. The first kappa shape index (κ1) is 22.7. The number of hydrogen-bond donors (Lipinski definition) is 1. The third-order valence-electron chi connectivity index (χ3n) is 5.75. The molecular weight excluding hydrogens is 438 g/mol. The van der Waals surface area contributed by atoms with Gasteiger partial charge in [0.15, 0.2) is 0 Å². The molecule has 33 heavy (non-hydrogen) atoms. The molecule has 1 aliphatic rings. The summed E-state index contributed by atoms with van der Waals surface area (Å²) in [7, 11) is 0. The van der Waals surface area contributed by atoms with Gasteiger partial charge >= 0.3 is 5.97 Å². The van der Waals surface area contributed by atoms with Gasteiger partial charge in [0.05, 0.1) is 17.2 Å². The molecule has 1 aromatic carbocycles. The van der Waals surface area contributed by atoms with Gasteiger partial charge in [0, 0.05) is 17.1 Å². The monoisotopic (exact) mass is 463 g/mol. The summed E-state index contributed by atoms with van der Waals surface area (Å²) in [5.74, 6) is -0.0948. The average Bonchev–Trinajstić information content (AvgIpc) is 3.33. The number of anilines is 1. The second-order valence-corrected chi connectivity index (χ2v) is 8.83. The Hall–Kier alpha value is -3.52. The van der Waals surface area contributed by atoms with Crippen LogP contribution in [-0.2, 0) is 9.53 Å². The van der Waals surface area contributed by atoms with Gasteiger partial charge in [-0.15, -0.1) is 0 Å². The minimum absolute atomic E-state index is 0.286. The van der Waals surface area contributed by atoms with Gasteiger partial charge in [-0.3, -0.25) is 9.59 Å². The van der Waals surface area contributed by atoms with Crippen molar-refractivity contribution in [1.29, 1.82) is 0 Å². The third-order valence-corrected chi connectivity index (χ3v) is 6.62. The molecule has 1 fully saturated rings. The smallest absolute Gasteiger partial charge is 0.342 e. The first-order chi connectivity index (χ1) is 15.7. The van der Waals surface area contributed by atoms with Crippen molar-refractivity contribution in [2.24, 2.45) is 0 Å². The number of thioether (sulfide) groups is 1. The topological polar surface area (TPSA) is 84.4 Å². The quantitative estimate of drug-likeness (QED) is 0.401. The van der Waals surface area contributed by atoms with Crippen LogP contribution in [0.5, 0.6) is 0 Å². The Morgan fingerprint density at radius 1 is 1.12 bits per heavy atom. The number of carbonyl (C=O) groups is 3. The highest BCUT2D eigenvalue weighted by Crippen LogP contribution is 2.37. The van der Waals surface area contributed by atoms with E-state index < -0.39 is 0 Å². The molecule has 4 rings (SSSR count). The van der Waals surface area contributed by atoms with E-state index >= 15 is 0 Å². The van der Waals surface area contributed by atoms with E-state index in [2.05, 4.69) is 4.98 Å². The zero-order valence-corrected chi connectivity index (χ0v) is 20.0. The number of benzene rings is 1. The number of aryl methyl sites for hydroxylation is 2. The van der Waals surface area contributed by atoms with E-state index in [0.29, 0.717) is 22.0 Å². The van der Waals surface area contributed by atoms with Crippen LogP contribution in [0, 0.1) is 27.7 Å². The van der Waals surface area contributed by atoms with Gasteiger partial charge in [0.1, 0.15) is 11.4 Å². The molecule has 170 valence electrons. The minimum Gasteiger partial charge on any atom is -0.462 e. The van der Waals surface area contributed by atoms with Gasteiger partial charge in [-0.25, -0.2) is 9.69 Å². The number of aromatic amines is 1. The van der Waals surface area contributed by atoms with Crippen LogP contribution in [0.1, 0.15) is 45.5 Å². The number of para-hydroxylation sites is 1. The van der Waals surface area contributed by atoms with E-state index in [0.717, 1.165) is 40.0 Å². The van der Waals surface area contributed by atoms with Gasteiger partial charge < -0.3 is 14.3 Å². The van der Waals surface area contributed by atoms with Crippen molar-refractivity contribution < 1.29 is 19.1 Å². The average molecular weight is 464 g/mol. The lowest BCUT2D eigenvalue weighted by Gasteiger charge is -2.12. The molecule has 3 heterocycles. The highest BCUT2D eigenvalue weighted by molar-refractivity contribution is 8.19. The third kappa shape index (κ3) is 3.91. The Morgan fingerprint density at radius 3 is 2.48 bits per heavy atom. The van der Waals surface area contributed by atoms with Gasteiger partial charge in [0.2, 0.25) is 0 Å². The number of amides is 2. The predicted molar refractivity (Wildman–Crippen MR) is 130 cm³/mol. The molecule has 0 saturated carbocycles. The fourth-order valence-electron chi connectivity index (χ4n) is 4.01. The molecule has 0 radical (unpaired) electrons. The Balaban J connectivity index is 1.75. The summed E-state index contributed by atoms with van der Waals surface area (Å²) in [6.07, 6.45) is 1.74. The van der Waals surface area contributed by atoms with Crippen LogP contribution in [0.2, 0.25) is 0 Å².